The van der Waals surface area contributed by atoms with Crippen molar-refractivity contribution < 1.29 is 22.4 Å². The van der Waals surface area contributed by atoms with Crippen molar-refractivity contribution >= 4 is 23.2 Å². The third-order valence-electron chi connectivity index (χ3n) is 6.45. The van der Waals surface area contributed by atoms with Crippen LogP contribution in [0.5, 0.6) is 0 Å². The fourth-order valence-corrected chi connectivity index (χ4v) is 4.86. The molecule has 2 aromatic carbocycles. The Kier molecular flexibility index (Phi) is 6.86. The number of fused-ring (bicyclic) bond motifs is 1. The summed E-state index contributed by atoms with van der Waals surface area (Å²) in [5, 5.41) is 5.28. The molecule has 0 aliphatic carbocycles. The van der Waals surface area contributed by atoms with Gasteiger partial charge in [0.2, 0.25) is 0 Å². The molecule has 2 saturated heterocycles. The van der Waals surface area contributed by atoms with Gasteiger partial charge < -0.3 is 15.1 Å². The molecule has 0 radical (unpaired) electrons. The molecule has 2 aliphatic rings. The van der Waals surface area contributed by atoms with Gasteiger partial charge in [-0.1, -0.05) is 36.2 Å². The minimum atomic E-state index is -4.78. The van der Waals surface area contributed by atoms with Crippen LogP contribution in [0.25, 0.3) is 5.32 Å². The van der Waals surface area contributed by atoms with Gasteiger partial charge in [-0.2, -0.15) is 13.2 Å². The van der Waals surface area contributed by atoms with Gasteiger partial charge in [-0.15, -0.1) is 12.2 Å². The Labute approximate surface area is 195 Å². The summed E-state index contributed by atoms with van der Waals surface area (Å²) in [6, 6.07) is 8.16. The molecular formula is C24H25ClF4N3O-. The van der Waals surface area contributed by atoms with Crippen molar-refractivity contribution in [3.8, 4) is 0 Å². The Morgan fingerprint density at radius 1 is 1.09 bits per heavy atom. The van der Waals surface area contributed by atoms with E-state index < -0.39 is 23.5 Å². The molecule has 9 heteroatoms. The zero-order valence-electron chi connectivity index (χ0n) is 18.2. The molecule has 0 spiro atoms. The third-order valence-corrected chi connectivity index (χ3v) is 6.86. The van der Waals surface area contributed by atoms with Gasteiger partial charge in [0, 0.05) is 36.8 Å². The van der Waals surface area contributed by atoms with Crippen molar-refractivity contribution in [2.24, 2.45) is 11.8 Å². The Balaban J connectivity index is 1.23. The van der Waals surface area contributed by atoms with Crippen LogP contribution >= 0.6 is 11.6 Å². The number of halogens is 5. The summed E-state index contributed by atoms with van der Waals surface area (Å²) in [5.74, 6) is -1.20. The van der Waals surface area contributed by atoms with Crippen molar-refractivity contribution in [1.82, 2.24) is 9.80 Å². The lowest BCUT2D eigenvalue weighted by Gasteiger charge is -2.25. The molecule has 2 aromatic rings. The van der Waals surface area contributed by atoms with Crippen LogP contribution in [0.4, 0.5) is 23.2 Å². The first kappa shape index (κ1) is 23.8. The Bertz CT molecular complexity index is 1020. The van der Waals surface area contributed by atoms with E-state index in [4.69, 9.17) is 11.6 Å². The van der Waals surface area contributed by atoms with Crippen LogP contribution in [0.15, 0.2) is 36.4 Å². The predicted octanol–water partition coefficient (Wildman–Crippen LogP) is 5.91. The second-order valence-electron chi connectivity index (χ2n) is 8.85. The molecule has 0 aromatic heterocycles. The van der Waals surface area contributed by atoms with E-state index in [0.29, 0.717) is 48.6 Å². The van der Waals surface area contributed by atoms with E-state index in [9.17, 15) is 22.4 Å². The van der Waals surface area contributed by atoms with E-state index in [1.165, 1.54) is 0 Å². The molecule has 33 heavy (non-hydrogen) atoms. The normalized spacial score (nSPS) is 20.8. The zero-order chi connectivity index (χ0) is 23.8. The van der Waals surface area contributed by atoms with Gasteiger partial charge in [-0.3, -0.25) is 4.79 Å². The lowest BCUT2D eigenvalue weighted by atomic mass is 10.0. The fraction of sp³-hybridized carbons (Fsp3) is 0.458. The number of carbonyl (C=O) groups is 1. The second kappa shape index (κ2) is 9.50. The highest BCUT2D eigenvalue weighted by atomic mass is 35.5. The molecule has 4 rings (SSSR count). The van der Waals surface area contributed by atoms with Gasteiger partial charge in [0.1, 0.15) is 5.82 Å². The summed E-state index contributed by atoms with van der Waals surface area (Å²) < 4.78 is 52.1. The maximum atomic E-state index is 13.9. The number of carbonyl (C=O) groups excluding carboxylic acids is 1. The monoisotopic (exact) mass is 482 g/mol. The average Bonchev–Trinajstić information content (AvgIpc) is 3.31. The minimum Gasteiger partial charge on any atom is -0.684 e. The molecular weight excluding hydrogens is 458 g/mol. The van der Waals surface area contributed by atoms with E-state index in [1.54, 1.807) is 4.90 Å². The molecule has 4 nitrogen and oxygen atoms in total. The first-order valence-electron chi connectivity index (χ1n) is 10.9. The van der Waals surface area contributed by atoms with Crippen molar-refractivity contribution in [1.29, 1.82) is 0 Å². The van der Waals surface area contributed by atoms with Crippen LogP contribution in [-0.2, 0) is 6.18 Å². The number of likely N-dealkylation sites (tertiary alicyclic amines) is 2. The van der Waals surface area contributed by atoms with Crippen molar-refractivity contribution in [2.75, 3.05) is 39.3 Å². The zero-order valence-corrected chi connectivity index (χ0v) is 19.0. The Morgan fingerprint density at radius 2 is 1.79 bits per heavy atom. The van der Waals surface area contributed by atoms with Crippen LogP contribution in [0.2, 0.25) is 5.02 Å². The summed E-state index contributed by atoms with van der Waals surface area (Å²) in [5.41, 5.74) is 0.494. The van der Waals surface area contributed by atoms with Crippen LogP contribution in [0, 0.1) is 24.6 Å². The highest BCUT2D eigenvalue weighted by Gasteiger charge is 2.41. The van der Waals surface area contributed by atoms with Crippen LogP contribution in [-0.4, -0.2) is 55.0 Å². The van der Waals surface area contributed by atoms with Crippen LogP contribution in [0.3, 0.4) is 0 Å². The molecule has 178 valence electrons. The number of amides is 1. The highest BCUT2D eigenvalue weighted by Crippen LogP contribution is 2.34. The fourth-order valence-electron chi connectivity index (χ4n) is 4.68. The minimum absolute atomic E-state index is 0.0462. The van der Waals surface area contributed by atoms with E-state index >= 15 is 0 Å². The molecule has 2 heterocycles. The van der Waals surface area contributed by atoms with E-state index in [1.807, 2.05) is 25.1 Å². The average molecular weight is 483 g/mol. The maximum absolute atomic E-state index is 13.9. The number of benzene rings is 2. The largest absolute Gasteiger partial charge is 0.684 e. The topological polar surface area (TPSA) is 37.7 Å². The number of hydrogen-bond acceptors (Lipinski definition) is 2. The predicted molar refractivity (Wildman–Crippen MR) is 119 cm³/mol. The maximum Gasteiger partial charge on any atom is 0.419 e. The van der Waals surface area contributed by atoms with E-state index in [-0.39, 0.29) is 5.56 Å². The molecule has 0 bridgehead atoms. The number of aryl methyl sites for hydroxylation is 1. The van der Waals surface area contributed by atoms with Crippen molar-refractivity contribution in [3.63, 3.8) is 0 Å². The first-order valence-corrected chi connectivity index (χ1v) is 11.3. The molecule has 2 unspecified atom stereocenters. The van der Waals surface area contributed by atoms with Gasteiger partial charge in [-0.25, -0.2) is 4.39 Å². The van der Waals surface area contributed by atoms with E-state index in [2.05, 4.69) is 10.2 Å². The molecule has 0 N–H and O–H groups in total. The van der Waals surface area contributed by atoms with Gasteiger partial charge in [-0.05, 0) is 49.1 Å². The molecule has 2 fully saturated rings. The number of nitrogens with zero attached hydrogens (tertiary/aromatic N) is 3. The number of alkyl halides is 3. The molecule has 0 saturated carbocycles. The van der Waals surface area contributed by atoms with Crippen LogP contribution < -0.4 is 0 Å². The number of hydrogen-bond donors (Lipinski definition) is 0. The highest BCUT2D eigenvalue weighted by molar-refractivity contribution is 6.31. The molecule has 1 amide bonds. The van der Waals surface area contributed by atoms with E-state index in [0.717, 1.165) is 43.4 Å². The Hall–Kier alpha value is -2.32. The quantitative estimate of drug-likeness (QED) is 0.379. The van der Waals surface area contributed by atoms with Gasteiger partial charge in [0.05, 0.1) is 5.56 Å². The standard InChI is InChI=1S/C24H25ClF4N3O/c1-15-3-5-19(10-21(15)25)30-7-2-8-31-11-17-13-32(14-18(17)12-31)23(33)16-4-6-20(22(26)9-16)24(27,28)29/h3-6,9-10,17-18H,2,7-8,11-14H2,1H3/q-1. The molecule has 2 aliphatic heterocycles. The van der Waals surface area contributed by atoms with Crippen molar-refractivity contribution in [2.45, 2.75) is 19.5 Å². The van der Waals surface area contributed by atoms with Gasteiger partial charge >= 0.3 is 6.18 Å². The first-order chi connectivity index (χ1) is 15.6. The van der Waals surface area contributed by atoms with Gasteiger partial charge in [0.15, 0.2) is 0 Å². The summed E-state index contributed by atoms with van der Waals surface area (Å²) in [6.45, 7) is 6.37. The summed E-state index contributed by atoms with van der Waals surface area (Å²) in [7, 11) is 0. The Morgan fingerprint density at radius 3 is 2.39 bits per heavy atom. The lowest BCUT2D eigenvalue weighted by molar-refractivity contribution is -0.140. The smallest absolute Gasteiger partial charge is 0.419 e. The van der Waals surface area contributed by atoms with Gasteiger partial charge in [0.25, 0.3) is 5.91 Å². The van der Waals surface area contributed by atoms with Crippen LogP contribution in [0.1, 0.15) is 27.9 Å². The number of rotatable bonds is 6. The third kappa shape index (κ3) is 5.44. The second-order valence-corrected chi connectivity index (χ2v) is 9.26. The molecule has 2 atom stereocenters. The van der Waals surface area contributed by atoms with Crippen molar-refractivity contribution in [3.05, 3.63) is 69.2 Å². The summed E-state index contributed by atoms with van der Waals surface area (Å²) >= 11 is 6.13. The summed E-state index contributed by atoms with van der Waals surface area (Å²) in [4.78, 5) is 16.7. The summed E-state index contributed by atoms with van der Waals surface area (Å²) in [6.07, 6.45) is -3.86. The SMILES string of the molecule is Cc1ccc([N-]CCCN2CC3CN(C(=O)c4ccc(C(F)(F)F)c(F)c4)CC3C2)cc1Cl. The lowest BCUT2D eigenvalue weighted by Crippen LogP contribution is -2.33.